The van der Waals surface area contributed by atoms with E-state index in [1.54, 1.807) is 12.1 Å². The summed E-state index contributed by atoms with van der Waals surface area (Å²) >= 11 is 0. The van der Waals surface area contributed by atoms with Gasteiger partial charge in [-0.05, 0) is 56.2 Å². The summed E-state index contributed by atoms with van der Waals surface area (Å²) in [4.78, 5) is 0. The molecule has 0 radical (unpaired) electrons. The third-order valence-corrected chi connectivity index (χ3v) is 3.04. The summed E-state index contributed by atoms with van der Waals surface area (Å²) in [6.45, 7) is 7.67. The van der Waals surface area contributed by atoms with Crippen molar-refractivity contribution < 1.29 is 9.13 Å². The van der Waals surface area contributed by atoms with Gasteiger partial charge in [0.1, 0.15) is 18.2 Å². The number of rotatable bonds is 5. The standard InChI is InChI=1S/C18H22FNO/c1-18(2,3)20-12-15-5-4-6-17(11-15)21-13-14-7-9-16(19)10-8-14/h4-11,20H,12-13H2,1-3H3. The molecule has 0 aliphatic carbocycles. The van der Waals surface area contributed by atoms with E-state index in [0.717, 1.165) is 17.9 Å². The maximum atomic E-state index is 12.8. The SMILES string of the molecule is CC(C)(C)NCc1cccc(OCc2ccc(F)cc2)c1. The van der Waals surface area contributed by atoms with E-state index in [9.17, 15) is 4.39 Å². The highest BCUT2D eigenvalue weighted by Crippen LogP contribution is 2.16. The van der Waals surface area contributed by atoms with Gasteiger partial charge in [-0.15, -0.1) is 0 Å². The number of hydrogen-bond donors (Lipinski definition) is 1. The molecule has 0 aromatic heterocycles. The van der Waals surface area contributed by atoms with Crippen molar-refractivity contribution in [3.05, 3.63) is 65.5 Å². The van der Waals surface area contributed by atoms with Crippen molar-refractivity contribution in [2.24, 2.45) is 0 Å². The Labute approximate surface area is 126 Å². The molecule has 2 aromatic carbocycles. The average Bonchev–Trinajstić information content (AvgIpc) is 2.44. The van der Waals surface area contributed by atoms with E-state index >= 15 is 0 Å². The Morgan fingerprint density at radius 3 is 2.38 bits per heavy atom. The van der Waals surface area contributed by atoms with E-state index in [1.807, 2.05) is 18.2 Å². The highest BCUT2D eigenvalue weighted by Gasteiger charge is 2.08. The maximum Gasteiger partial charge on any atom is 0.123 e. The Hall–Kier alpha value is -1.87. The highest BCUT2D eigenvalue weighted by atomic mass is 19.1. The molecule has 2 nitrogen and oxygen atoms in total. The first-order valence-corrected chi connectivity index (χ1v) is 7.14. The Morgan fingerprint density at radius 2 is 1.71 bits per heavy atom. The van der Waals surface area contributed by atoms with Crippen LogP contribution in [0.4, 0.5) is 4.39 Å². The van der Waals surface area contributed by atoms with Crippen LogP contribution in [0.1, 0.15) is 31.9 Å². The zero-order chi connectivity index (χ0) is 15.3. The van der Waals surface area contributed by atoms with E-state index < -0.39 is 0 Å². The van der Waals surface area contributed by atoms with Crippen molar-refractivity contribution in [2.75, 3.05) is 0 Å². The third-order valence-electron chi connectivity index (χ3n) is 3.04. The smallest absolute Gasteiger partial charge is 0.123 e. The number of hydrogen-bond acceptors (Lipinski definition) is 2. The van der Waals surface area contributed by atoms with Crippen LogP contribution in [0.25, 0.3) is 0 Å². The molecule has 0 atom stereocenters. The van der Waals surface area contributed by atoms with Gasteiger partial charge in [-0.1, -0.05) is 24.3 Å². The fraction of sp³-hybridized carbons (Fsp3) is 0.333. The number of benzene rings is 2. The molecule has 0 unspecified atom stereocenters. The van der Waals surface area contributed by atoms with Gasteiger partial charge in [-0.2, -0.15) is 0 Å². The average molecular weight is 287 g/mol. The molecule has 21 heavy (non-hydrogen) atoms. The lowest BCUT2D eigenvalue weighted by Crippen LogP contribution is -2.35. The van der Waals surface area contributed by atoms with Gasteiger partial charge in [0.25, 0.3) is 0 Å². The second-order valence-corrected chi connectivity index (χ2v) is 6.17. The molecular formula is C18H22FNO. The predicted octanol–water partition coefficient (Wildman–Crippen LogP) is 4.29. The highest BCUT2D eigenvalue weighted by molar-refractivity contribution is 5.29. The Morgan fingerprint density at radius 1 is 1.00 bits per heavy atom. The van der Waals surface area contributed by atoms with Crippen LogP contribution in [-0.4, -0.2) is 5.54 Å². The number of ether oxygens (including phenoxy) is 1. The molecule has 0 aliphatic rings. The van der Waals surface area contributed by atoms with Gasteiger partial charge in [-0.25, -0.2) is 4.39 Å². The summed E-state index contributed by atoms with van der Waals surface area (Å²) in [6.07, 6.45) is 0. The monoisotopic (exact) mass is 287 g/mol. The molecule has 0 heterocycles. The first-order valence-electron chi connectivity index (χ1n) is 7.14. The van der Waals surface area contributed by atoms with Gasteiger partial charge in [0.15, 0.2) is 0 Å². The Bertz CT molecular complexity index is 573. The second kappa shape index (κ2) is 6.72. The Balaban J connectivity index is 1.93. The molecule has 0 spiro atoms. The van der Waals surface area contributed by atoms with Crippen LogP contribution >= 0.6 is 0 Å². The van der Waals surface area contributed by atoms with Gasteiger partial charge in [0, 0.05) is 12.1 Å². The zero-order valence-corrected chi connectivity index (χ0v) is 12.8. The molecule has 0 saturated heterocycles. The second-order valence-electron chi connectivity index (χ2n) is 6.17. The molecule has 0 bridgehead atoms. The van der Waals surface area contributed by atoms with Crippen molar-refractivity contribution >= 4 is 0 Å². The summed E-state index contributed by atoms with van der Waals surface area (Å²) < 4.78 is 18.6. The van der Waals surface area contributed by atoms with Crippen molar-refractivity contribution in [3.8, 4) is 5.75 Å². The van der Waals surface area contributed by atoms with Gasteiger partial charge in [-0.3, -0.25) is 0 Å². The van der Waals surface area contributed by atoms with Crippen molar-refractivity contribution in [1.29, 1.82) is 0 Å². The minimum Gasteiger partial charge on any atom is -0.489 e. The molecule has 0 fully saturated rings. The lowest BCUT2D eigenvalue weighted by molar-refractivity contribution is 0.305. The molecular weight excluding hydrogens is 265 g/mol. The van der Waals surface area contributed by atoms with Crippen LogP contribution in [0.15, 0.2) is 48.5 Å². The summed E-state index contributed by atoms with van der Waals surface area (Å²) in [6, 6.07) is 14.4. The fourth-order valence-electron chi connectivity index (χ4n) is 1.86. The fourth-order valence-corrected chi connectivity index (χ4v) is 1.86. The molecule has 0 amide bonds. The molecule has 0 aliphatic heterocycles. The molecule has 1 N–H and O–H groups in total. The third kappa shape index (κ3) is 5.56. The van der Waals surface area contributed by atoms with Crippen LogP contribution in [-0.2, 0) is 13.2 Å². The van der Waals surface area contributed by atoms with Gasteiger partial charge >= 0.3 is 0 Å². The first-order chi connectivity index (χ1) is 9.92. The van der Waals surface area contributed by atoms with Crippen LogP contribution in [0, 0.1) is 5.82 Å². The molecule has 0 saturated carbocycles. The number of halogens is 1. The summed E-state index contributed by atoms with van der Waals surface area (Å²) in [5.41, 5.74) is 2.22. The van der Waals surface area contributed by atoms with E-state index in [0.29, 0.717) is 6.61 Å². The van der Waals surface area contributed by atoms with Crippen LogP contribution in [0.5, 0.6) is 5.75 Å². The van der Waals surface area contributed by atoms with E-state index in [1.165, 1.54) is 17.7 Å². The van der Waals surface area contributed by atoms with Crippen molar-refractivity contribution in [2.45, 2.75) is 39.5 Å². The minimum atomic E-state index is -0.228. The maximum absolute atomic E-state index is 12.8. The summed E-state index contributed by atoms with van der Waals surface area (Å²) in [5.74, 6) is 0.599. The number of nitrogens with one attached hydrogen (secondary N) is 1. The zero-order valence-electron chi connectivity index (χ0n) is 12.8. The van der Waals surface area contributed by atoms with Crippen molar-refractivity contribution in [1.82, 2.24) is 5.32 Å². The van der Waals surface area contributed by atoms with Gasteiger partial charge < -0.3 is 10.1 Å². The molecule has 3 heteroatoms. The molecule has 2 rings (SSSR count). The van der Waals surface area contributed by atoms with E-state index in [2.05, 4.69) is 32.2 Å². The summed E-state index contributed by atoms with van der Waals surface area (Å²) in [7, 11) is 0. The van der Waals surface area contributed by atoms with Crippen LogP contribution in [0.2, 0.25) is 0 Å². The lowest BCUT2D eigenvalue weighted by atomic mass is 10.1. The largest absolute Gasteiger partial charge is 0.489 e. The van der Waals surface area contributed by atoms with E-state index in [-0.39, 0.29) is 11.4 Å². The van der Waals surface area contributed by atoms with Crippen molar-refractivity contribution in [3.63, 3.8) is 0 Å². The Kier molecular flexibility index (Phi) is 4.97. The first kappa shape index (κ1) is 15.5. The van der Waals surface area contributed by atoms with Gasteiger partial charge in [0.05, 0.1) is 0 Å². The van der Waals surface area contributed by atoms with Crippen LogP contribution in [0.3, 0.4) is 0 Å². The summed E-state index contributed by atoms with van der Waals surface area (Å²) in [5, 5.41) is 3.45. The van der Waals surface area contributed by atoms with Gasteiger partial charge in [0.2, 0.25) is 0 Å². The molecule has 2 aromatic rings. The normalized spacial score (nSPS) is 11.4. The quantitative estimate of drug-likeness (QED) is 0.885. The topological polar surface area (TPSA) is 21.3 Å². The van der Waals surface area contributed by atoms with Crippen LogP contribution < -0.4 is 10.1 Å². The van der Waals surface area contributed by atoms with E-state index in [4.69, 9.17) is 4.74 Å². The lowest BCUT2D eigenvalue weighted by Gasteiger charge is -2.20. The molecule has 112 valence electrons. The minimum absolute atomic E-state index is 0.0883. The predicted molar refractivity (Wildman–Crippen MR) is 83.8 cm³/mol.